The van der Waals surface area contributed by atoms with Gasteiger partial charge in [-0.05, 0) is 11.3 Å². The van der Waals surface area contributed by atoms with Gasteiger partial charge in [0.2, 0.25) is 0 Å². The molecule has 1 rings (SSSR count). The molecule has 1 aromatic heterocycles. The second kappa shape index (κ2) is 4.45. The fourth-order valence-corrected chi connectivity index (χ4v) is 1.48. The average molecular weight is 234 g/mol. The van der Waals surface area contributed by atoms with Crippen molar-refractivity contribution in [2.75, 3.05) is 11.9 Å². The lowest BCUT2D eigenvalue weighted by Crippen LogP contribution is -2.28. The molecular weight excluding hydrogens is 218 g/mol. The van der Waals surface area contributed by atoms with Crippen LogP contribution in [0.4, 0.5) is 5.82 Å². The van der Waals surface area contributed by atoms with Gasteiger partial charge >= 0.3 is 0 Å². The summed E-state index contributed by atoms with van der Waals surface area (Å²) in [5.74, 6) is 1.31. The van der Waals surface area contributed by atoms with Gasteiger partial charge < -0.3 is 5.32 Å². The number of rotatable bonds is 4. The highest BCUT2D eigenvalue weighted by Crippen LogP contribution is 2.27. The predicted octanol–water partition coefficient (Wildman–Crippen LogP) is 3.29. The van der Waals surface area contributed by atoms with E-state index in [9.17, 15) is 0 Å². The minimum atomic E-state index is 0.229. The number of hydrogen-bond donors (Lipinski definition) is 1. The van der Waals surface area contributed by atoms with Crippen molar-refractivity contribution in [2.45, 2.75) is 27.7 Å². The fraction of sp³-hybridized carbons (Fsp3) is 0.778. The Morgan fingerprint density at radius 1 is 1.43 bits per heavy atom. The third-order valence-electron chi connectivity index (χ3n) is 2.72. The van der Waals surface area contributed by atoms with Crippen LogP contribution in [0.15, 0.2) is 0 Å². The number of halogens is 1. The first kappa shape index (κ1) is 11.7. The topological polar surface area (TPSA) is 37.8 Å². The van der Waals surface area contributed by atoms with Gasteiger partial charge in [0.1, 0.15) is 0 Å². The molecule has 80 valence electrons. The van der Waals surface area contributed by atoms with Crippen molar-refractivity contribution in [1.29, 1.82) is 0 Å². The van der Waals surface area contributed by atoms with Crippen molar-refractivity contribution < 1.29 is 0 Å². The summed E-state index contributed by atoms with van der Waals surface area (Å²) >= 11 is 6.95. The van der Waals surface area contributed by atoms with Gasteiger partial charge in [-0.25, -0.2) is 0 Å². The first-order valence-electron chi connectivity index (χ1n) is 4.65. The van der Waals surface area contributed by atoms with Crippen molar-refractivity contribution in [3.63, 3.8) is 0 Å². The van der Waals surface area contributed by atoms with E-state index >= 15 is 0 Å². The maximum absolute atomic E-state index is 5.82. The molecule has 0 aliphatic rings. The molecule has 14 heavy (non-hydrogen) atoms. The molecule has 0 radical (unpaired) electrons. The quantitative estimate of drug-likeness (QED) is 0.867. The summed E-state index contributed by atoms with van der Waals surface area (Å²) in [5, 5.41) is 3.69. The molecule has 0 bridgehead atoms. The summed E-state index contributed by atoms with van der Waals surface area (Å²) in [6, 6.07) is 0. The Bertz CT molecular complexity index is 296. The number of hydrogen-bond acceptors (Lipinski definition) is 4. The van der Waals surface area contributed by atoms with Crippen LogP contribution in [0.25, 0.3) is 0 Å². The molecule has 5 heteroatoms. The molecule has 0 amide bonds. The smallest absolute Gasteiger partial charge is 0.186 e. The summed E-state index contributed by atoms with van der Waals surface area (Å²) in [6.07, 6.45) is 0. The minimum absolute atomic E-state index is 0.229. The Morgan fingerprint density at radius 3 is 2.50 bits per heavy atom. The predicted molar refractivity (Wildman–Crippen MR) is 62.0 cm³/mol. The van der Waals surface area contributed by atoms with E-state index < -0.39 is 0 Å². The molecule has 0 saturated heterocycles. The van der Waals surface area contributed by atoms with Crippen molar-refractivity contribution in [2.24, 2.45) is 11.3 Å². The molecule has 0 atom stereocenters. The van der Waals surface area contributed by atoms with Gasteiger partial charge in [0, 0.05) is 6.54 Å². The molecule has 1 N–H and O–H groups in total. The van der Waals surface area contributed by atoms with Gasteiger partial charge in [0.25, 0.3) is 0 Å². The second-order valence-corrected chi connectivity index (χ2v) is 5.29. The van der Waals surface area contributed by atoms with Crippen LogP contribution in [0, 0.1) is 11.3 Å². The molecule has 0 fully saturated rings. The van der Waals surface area contributed by atoms with Gasteiger partial charge in [0.15, 0.2) is 11.0 Å². The van der Waals surface area contributed by atoms with Gasteiger partial charge in [0.05, 0.1) is 11.7 Å². The summed E-state index contributed by atoms with van der Waals surface area (Å²) < 4.78 is 7.96. The largest absolute Gasteiger partial charge is 0.366 e. The van der Waals surface area contributed by atoms with E-state index in [0.29, 0.717) is 16.9 Å². The van der Waals surface area contributed by atoms with Crippen LogP contribution in [0.1, 0.15) is 27.7 Å². The summed E-state index contributed by atoms with van der Waals surface area (Å²) in [5.41, 5.74) is 0.229. The zero-order valence-electron chi connectivity index (χ0n) is 8.97. The molecule has 1 aromatic rings. The van der Waals surface area contributed by atoms with E-state index in [1.165, 1.54) is 0 Å². The van der Waals surface area contributed by atoms with E-state index in [1.807, 2.05) is 0 Å². The van der Waals surface area contributed by atoms with Crippen LogP contribution in [0.3, 0.4) is 0 Å². The average Bonchev–Trinajstić information content (AvgIpc) is 2.47. The first-order chi connectivity index (χ1) is 6.43. The Labute approximate surface area is 94.2 Å². The molecule has 0 saturated carbocycles. The second-order valence-electron chi connectivity index (χ2n) is 4.40. The van der Waals surface area contributed by atoms with E-state index in [2.05, 4.69) is 41.8 Å². The molecule has 3 nitrogen and oxygen atoms in total. The lowest BCUT2D eigenvalue weighted by Gasteiger charge is -2.29. The molecular formula is C9H16ClN3S. The lowest BCUT2D eigenvalue weighted by molar-refractivity contribution is 0.269. The Balaban J connectivity index is 2.53. The number of aromatic nitrogens is 2. The van der Waals surface area contributed by atoms with E-state index in [1.54, 1.807) is 0 Å². The number of nitrogens with zero attached hydrogens (tertiary/aromatic N) is 2. The zero-order chi connectivity index (χ0) is 10.8. The lowest BCUT2D eigenvalue weighted by atomic mass is 9.81. The third-order valence-corrected chi connectivity index (χ3v) is 3.62. The van der Waals surface area contributed by atoms with Gasteiger partial charge in [-0.3, -0.25) is 0 Å². The number of anilines is 1. The highest BCUT2D eigenvalue weighted by molar-refractivity contribution is 6.99. The molecule has 1 heterocycles. The Hall–Kier alpha value is -0.350. The molecule has 0 aliphatic carbocycles. The van der Waals surface area contributed by atoms with Crippen LogP contribution in [-0.2, 0) is 0 Å². The Kier molecular flexibility index (Phi) is 3.72. The summed E-state index contributed by atoms with van der Waals surface area (Å²) in [7, 11) is 0. The highest BCUT2D eigenvalue weighted by Gasteiger charge is 2.22. The van der Waals surface area contributed by atoms with Crippen molar-refractivity contribution >= 4 is 29.1 Å². The van der Waals surface area contributed by atoms with Crippen LogP contribution < -0.4 is 5.32 Å². The maximum atomic E-state index is 5.82. The minimum Gasteiger partial charge on any atom is -0.366 e. The summed E-state index contributed by atoms with van der Waals surface area (Å²) in [6.45, 7) is 9.72. The monoisotopic (exact) mass is 233 g/mol. The van der Waals surface area contributed by atoms with E-state index in [-0.39, 0.29) is 5.41 Å². The van der Waals surface area contributed by atoms with Crippen molar-refractivity contribution in [1.82, 2.24) is 8.75 Å². The van der Waals surface area contributed by atoms with Crippen LogP contribution in [-0.4, -0.2) is 15.3 Å². The first-order valence-corrected chi connectivity index (χ1v) is 5.76. The van der Waals surface area contributed by atoms with Gasteiger partial charge in [-0.15, -0.1) is 0 Å². The standard InChI is InChI=1S/C9H16ClN3S/c1-6(2)9(3,4)5-11-8-7(10)12-14-13-8/h6H,5H2,1-4H3,(H,11,13). The van der Waals surface area contributed by atoms with Crippen molar-refractivity contribution in [3.05, 3.63) is 5.15 Å². The van der Waals surface area contributed by atoms with E-state index in [4.69, 9.17) is 11.6 Å². The fourth-order valence-electron chi connectivity index (χ4n) is 0.799. The van der Waals surface area contributed by atoms with Crippen molar-refractivity contribution in [3.8, 4) is 0 Å². The highest BCUT2D eigenvalue weighted by atomic mass is 35.5. The van der Waals surface area contributed by atoms with E-state index in [0.717, 1.165) is 18.3 Å². The Morgan fingerprint density at radius 2 is 2.07 bits per heavy atom. The maximum Gasteiger partial charge on any atom is 0.186 e. The normalized spacial score (nSPS) is 12.1. The third kappa shape index (κ3) is 2.82. The van der Waals surface area contributed by atoms with Crippen LogP contribution in [0.5, 0.6) is 0 Å². The molecule has 0 unspecified atom stereocenters. The molecule has 0 aromatic carbocycles. The van der Waals surface area contributed by atoms with Gasteiger partial charge in [-0.2, -0.15) is 8.75 Å². The molecule has 0 aliphatic heterocycles. The van der Waals surface area contributed by atoms with Crippen LogP contribution in [0.2, 0.25) is 5.15 Å². The zero-order valence-corrected chi connectivity index (χ0v) is 10.5. The van der Waals surface area contributed by atoms with Crippen LogP contribution >= 0.6 is 23.3 Å². The SMILES string of the molecule is CC(C)C(C)(C)CNc1nsnc1Cl. The number of nitrogens with one attached hydrogen (secondary N) is 1. The summed E-state index contributed by atoms with van der Waals surface area (Å²) in [4.78, 5) is 0. The molecule has 0 spiro atoms. The van der Waals surface area contributed by atoms with Gasteiger partial charge in [-0.1, -0.05) is 39.3 Å².